The molecule has 2 aromatic heterocycles. The lowest BCUT2D eigenvalue weighted by molar-refractivity contribution is 0.495. The van der Waals surface area contributed by atoms with E-state index < -0.39 is 0 Å². The van der Waals surface area contributed by atoms with Crippen LogP contribution in [-0.2, 0) is 0 Å². The number of oxazole rings is 1. The Morgan fingerprint density at radius 3 is 2.54 bits per heavy atom. The smallest absolute Gasteiger partial charge is 0.191 e. The zero-order chi connectivity index (χ0) is 9.42. The summed E-state index contributed by atoms with van der Waals surface area (Å²) in [7, 11) is 0. The standard InChI is InChI=1S/C10H11NOS/c1-6-4-9(13-5-6)10-7(2)12-8(3)11-10/h4-5H,1-3H3. The molecule has 0 bridgehead atoms. The summed E-state index contributed by atoms with van der Waals surface area (Å²) in [5.74, 6) is 1.64. The van der Waals surface area contributed by atoms with Crippen LogP contribution in [0.1, 0.15) is 17.2 Å². The fourth-order valence-corrected chi connectivity index (χ4v) is 2.25. The van der Waals surface area contributed by atoms with Crippen LogP contribution in [0.4, 0.5) is 0 Å². The predicted octanol–water partition coefficient (Wildman–Crippen LogP) is 3.33. The van der Waals surface area contributed by atoms with Crippen molar-refractivity contribution in [2.45, 2.75) is 20.8 Å². The van der Waals surface area contributed by atoms with Gasteiger partial charge in [0.05, 0.1) is 4.88 Å². The summed E-state index contributed by atoms with van der Waals surface area (Å²) in [5.41, 5.74) is 2.26. The molecule has 0 aliphatic rings. The van der Waals surface area contributed by atoms with E-state index in [0.717, 1.165) is 17.3 Å². The van der Waals surface area contributed by atoms with Gasteiger partial charge in [-0.2, -0.15) is 0 Å². The maximum atomic E-state index is 5.37. The summed E-state index contributed by atoms with van der Waals surface area (Å²) in [4.78, 5) is 5.52. The van der Waals surface area contributed by atoms with Gasteiger partial charge in [0, 0.05) is 6.92 Å². The second kappa shape index (κ2) is 3.00. The van der Waals surface area contributed by atoms with E-state index in [4.69, 9.17) is 4.42 Å². The third-order valence-corrected chi connectivity index (χ3v) is 2.92. The Morgan fingerprint density at radius 2 is 2.08 bits per heavy atom. The molecule has 0 unspecified atom stereocenters. The molecule has 0 aliphatic carbocycles. The highest BCUT2D eigenvalue weighted by Crippen LogP contribution is 2.28. The lowest BCUT2D eigenvalue weighted by Crippen LogP contribution is -1.75. The lowest BCUT2D eigenvalue weighted by atomic mass is 10.3. The number of rotatable bonds is 1. The molecule has 68 valence electrons. The second-order valence-electron chi connectivity index (χ2n) is 3.13. The van der Waals surface area contributed by atoms with Crippen molar-refractivity contribution in [2.75, 3.05) is 0 Å². The zero-order valence-electron chi connectivity index (χ0n) is 7.92. The van der Waals surface area contributed by atoms with Gasteiger partial charge < -0.3 is 4.42 Å². The first-order chi connectivity index (χ1) is 6.16. The molecule has 0 atom stereocenters. The van der Waals surface area contributed by atoms with Gasteiger partial charge in [-0.3, -0.25) is 0 Å². The molecule has 0 N–H and O–H groups in total. The van der Waals surface area contributed by atoms with Crippen molar-refractivity contribution in [3.05, 3.63) is 28.7 Å². The molecule has 3 heteroatoms. The Bertz CT molecular complexity index is 428. The molecule has 0 fully saturated rings. The fourth-order valence-electron chi connectivity index (χ4n) is 1.31. The van der Waals surface area contributed by atoms with Crippen LogP contribution in [0.3, 0.4) is 0 Å². The average Bonchev–Trinajstić information content (AvgIpc) is 2.58. The van der Waals surface area contributed by atoms with Crippen LogP contribution in [0.2, 0.25) is 0 Å². The maximum absolute atomic E-state index is 5.37. The molecule has 2 nitrogen and oxygen atoms in total. The molecule has 0 spiro atoms. The van der Waals surface area contributed by atoms with E-state index >= 15 is 0 Å². The van der Waals surface area contributed by atoms with Gasteiger partial charge in [-0.15, -0.1) is 11.3 Å². The van der Waals surface area contributed by atoms with Crippen LogP contribution in [0.25, 0.3) is 10.6 Å². The van der Waals surface area contributed by atoms with Crippen molar-refractivity contribution in [3.8, 4) is 10.6 Å². The van der Waals surface area contributed by atoms with Crippen LogP contribution in [0, 0.1) is 20.8 Å². The zero-order valence-corrected chi connectivity index (χ0v) is 8.73. The Morgan fingerprint density at radius 1 is 1.31 bits per heavy atom. The molecule has 13 heavy (non-hydrogen) atoms. The largest absolute Gasteiger partial charge is 0.446 e. The molecule has 0 radical (unpaired) electrons. The number of nitrogens with zero attached hydrogens (tertiary/aromatic N) is 1. The summed E-state index contributed by atoms with van der Waals surface area (Å²) >= 11 is 1.71. The van der Waals surface area contributed by atoms with Crippen LogP contribution >= 0.6 is 11.3 Å². The monoisotopic (exact) mass is 193 g/mol. The van der Waals surface area contributed by atoms with Crippen molar-refractivity contribution in [1.29, 1.82) is 0 Å². The summed E-state index contributed by atoms with van der Waals surface area (Å²) in [6.07, 6.45) is 0. The first kappa shape index (κ1) is 8.51. The highest BCUT2D eigenvalue weighted by Gasteiger charge is 2.10. The molecular weight excluding hydrogens is 182 g/mol. The molecule has 2 rings (SSSR count). The van der Waals surface area contributed by atoms with E-state index in [-0.39, 0.29) is 0 Å². The first-order valence-electron chi connectivity index (χ1n) is 4.16. The van der Waals surface area contributed by atoms with Crippen molar-refractivity contribution < 1.29 is 4.42 Å². The van der Waals surface area contributed by atoms with Crippen molar-refractivity contribution in [1.82, 2.24) is 4.98 Å². The number of aryl methyl sites for hydroxylation is 3. The predicted molar refractivity (Wildman–Crippen MR) is 54.0 cm³/mol. The molecule has 0 saturated carbocycles. The molecule has 0 aliphatic heterocycles. The maximum Gasteiger partial charge on any atom is 0.191 e. The summed E-state index contributed by atoms with van der Waals surface area (Å²) < 4.78 is 5.37. The average molecular weight is 193 g/mol. The van der Waals surface area contributed by atoms with E-state index in [1.54, 1.807) is 11.3 Å². The molecule has 2 heterocycles. The number of hydrogen-bond acceptors (Lipinski definition) is 3. The van der Waals surface area contributed by atoms with Crippen molar-refractivity contribution in [3.63, 3.8) is 0 Å². The summed E-state index contributed by atoms with van der Waals surface area (Å²) in [6.45, 7) is 5.91. The van der Waals surface area contributed by atoms with Crippen LogP contribution < -0.4 is 0 Å². The Hall–Kier alpha value is -1.09. The molecule has 2 aromatic rings. The minimum absolute atomic E-state index is 0.735. The van der Waals surface area contributed by atoms with E-state index in [2.05, 4.69) is 23.4 Å². The van der Waals surface area contributed by atoms with E-state index in [1.807, 2.05) is 13.8 Å². The van der Waals surface area contributed by atoms with Crippen LogP contribution in [-0.4, -0.2) is 4.98 Å². The first-order valence-corrected chi connectivity index (χ1v) is 5.04. The summed E-state index contributed by atoms with van der Waals surface area (Å²) in [5, 5.41) is 2.12. The Labute approximate surface area is 81.2 Å². The van der Waals surface area contributed by atoms with Crippen LogP contribution in [0.5, 0.6) is 0 Å². The minimum Gasteiger partial charge on any atom is -0.446 e. The normalized spacial score (nSPS) is 10.7. The van der Waals surface area contributed by atoms with Gasteiger partial charge in [-0.1, -0.05) is 0 Å². The Kier molecular flexibility index (Phi) is 1.96. The van der Waals surface area contributed by atoms with Gasteiger partial charge in [0.1, 0.15) is 11.5 Å². The summed E-state index contributed by atoms with van der Waals surface area (Å²) in [6, 6.07) is 2.13. The van der Waals surface area contributed by atoms with E-state index in [9.17, 15) is 0 Å². The SMILES string of the molecule is Cc1csc(-c2nc(C)oc2C)c1. The van der Waals surface area contributed by atoms with Gasteiger partial charge >= 0.3 is 0 Å². The molecule has 0 saturated heterocycles. The highest BCUT2D eigenvalue weighted by atomic mass is 32.1. The van der Waals surface area contributed by atoms with Crippen molar-refractivity contribution in [2.24, 2.45) is 0 Å². The number of hydrogen-bond donors (Lipinski definition) is 0. The highest BCUT2D eigenvalue weighted by molar-refractivity contribution is 7.13. The minimum atomic E-state index is 0.735. The molecule has 0 amide bonds. The van der Waals surface area contributed by atoms with E-state index in [0.29, 0.717) is 0 Å². The van der Waals surface area contributed by atoms with Gasteiger partial charge in [0.15, 0.2) is 5.89 Å². The fraction of sp³-hybridized carbons (Fsp3) is 0.300. The molecular formula is C10H11NOS. The van der Waals surface area contributed by atoms with Gasteiger partial charge in [0.25, 0.3) is 0 Å². The number of thiophene rings is 1. The van der Waals surface area contributed by atoms with Gasteiger partial charge in [0.2, 0.25) is 0 Å². The van der Waals surface area contributed by atoms with Crippen molar-refractivity contribution >= 4 is 11.3 Å². The lowest BCUT2D eigenvalue weighted by Gasteiger charge is -1.88. The third kappa shape index (κ3) is 1.52. The van der Waals surface area contributed by atoms with E-state index in [1.165, 1.54) is 10.4 Å². The Balaban J connectivity index is 2.51. The van der Waals surface area contributed by atoms with Gasteiger partial charge in [-0.05, 0) is 30.9 Å². The molecule has 0 aromatic carbocycles. The van der Waals surface area contributed by atoms with Crippen LogP contribution in [0.15, 0.2) is 15.9 Å². The topological polar surface area (TPSA) is 26.0 Å². The van der Waals surface area contributed by atoms with Gasteiger partial charge in [-0.25, -0.2) is 4.98 Å². The number of aromatic nitrogens is 1. The third-order valence-electron chi connectivity index (χ3n) is 1.87. The second-order valence-corrected chi connectivity index (χ2v) is 4.04. The quantitative estimate of drug-likeness (QED) is 0.694.